The van der Waals surface area contributed by atoms with Crippen molar-refractivity contribution in [2.75, 3.05) is 35.2 Å². The molecule has 2 aromatic heterocycles. The zero-order valence-electron chi connectivity index (χ0n) is 18.1. The SMILES string of the molecule is CC[C@H](C)N(C[C@H](C)O)c1cc(-c2cnc(N)nc2)nc(N2CC3(CCC3(F)F)C2)n1. The fourth-order valence-corrected chi connectivity index (χ4v) is 4.22. The molecule has 2 aromatic rings. The Hall–Kier alpha value is -2.62. The van der Waals surface area contributed by atoms with Crippen molar-refractivity contribution in [3.63, 3.8) is 0 Å². The molecule has 3 N–H and O–H groups in total. The van der Waals surface area contributed by atoms with Crippen molar-refractivity contribution in [3.8, 4) is 11.3 Å². The first-order chi connectivity index (χ1) is 14.6. The van der Waals surface area contributed by atoms with Gasteiger partial charge in [0.15, 0.2) is 0 Å². The van der Waals surface area contributed by atoms with Gasteiger partial charge in [-0.15, -0.1) is 0 Å². The molecule has 0 amide bonds. The number of rotatable bonds is 7. The number of halogens is 2. The van der Waals surface area contributed by atoms with E-state index in [4.69, 9.17) is 10.7 Å². The summed E-state index contributed by atoms with van der Waals surface area (Å²) >= 11 is 0. The topological polar surface area (TPSA) is 104 Å². The predicted molar refractivity (Wildman–Crippen MR) is 115 cm³/mol. The number of nitrogens with two attached hydrogens (primary N) is 1. The summed E-state index contributed by atoms with van der Waals surface area (Å²) in [5, 5.41) is 10.0. The summed E-state index contributed by atoms with van der Waals surface area (Å²) in [6.45, 7) is 6.72. The minimum Gasteiger partial charge on any atom is -0.392 e. The molecule has 2 aliphatic rings. The van der Waals surface area contributed by atoms with Crippen LogP contribution in [0.2, 0.25) is 0 Å². The Kier molecular flexibility index (Phi) is 5.45. The largest absolute Gasteiger partial charge is 0.392 e. The van der Waals surface area contributed by atoms with Crippen molar-refractivity contribution in [3.05, 3.63) is 18.5 Å². The van der Waals surface area contributed by atoms with Crippen LogP contribution in [-0.2, 0) is 0 Å². The number of hydrogen-bond donors (Lipinski definition) is 2. The van der Waals surface area contributed by atoms with Crippen LogP contribution in [0.3, 0.4) is 0 Å². The number of nitrogen functional groups attached to an aromatic ring is 1. The first kappa shape index (κ1) is 21.6. The summed E-state index contributed by atoms with van der Waals surface area (Å²) in [5.74, 6) is -1.43. The van der Waals surface area contributed by atoms with Gasteiger partial charge in [-0.05, 0) is 26.7 Å². The zero-order chi connectivity index (χ0) is 22.4. The van der Waals surface area contributed by atoms with Crippen LogP contribution in [0, 0.1) is 5.41 Å². The van der Waals surface area contributed by atoms with Crippen LogP contribution in [0.15, 0.2) is 18.5 Å². The predicted octanol–water partition coefficient (Wildman–Crippen LogP) is 2.74. The van der Waals surface area contributed by atoms with Gasteiger partial charge in [-0.25, -0.2) is 23.7 Å². The van der Waals surface area contributed by atoms with E-state index >= 15 is 0 Å². The quantitative estimate of drug-likeness (QED) is 0.687. The molecule has 2 fully saturated rings. The standard InChI is InChI=1S/C21H29F2N7O/c1-4-13(2)30(10-14(3)31)17-7-16(15-8-25-18(24)26-9-15)27-19(28-17)29-11-20(12-29)5-6-21(20,22)23/h7-9,13-14,31H,4-6,10-12H2,1-3H3,(H2,24,25,26)/t13-,14-/m0/s1. The van der Waals surface area contributed by atoms with Crippen molar-refractivity contribution >= 4 is 17.7 Å². The smallest absolute Gasteiger partial charge is 0.257 e. The van der Waals surface area contributed by atoms with Crippen LogP contribution in [0.1, 0.15) is 40.0 Å². The number of alkyl halides is 2. The second kappa shape index (κ2) is 7.81. The Morgan fingerprint density at radius 3 is 2.39 bits per heavy atom. The average Bonchev–Trinajstić information content (AvgIpc) is 2.70. The van der Waals surface area contributed by atoms with Crippen molar-refractivity contribution in [1.29, 1.82) is 0 Å². The highest BCUT2D eigenvalue weighted by atomic mass is 19.3. The molecule has 1 saturated heterocycles. The van der Waals surface area contributed by atoms with Gasteiger partial charge in [0, 0.05) is 56.1 Å². The maximum absolute atomic E-state index is 14.1. The van der Waals surface area contributed by atoms with Gasteiger partial charge < -0.3 is 20.6 Å². The van der Waals surface area contributed by atoms with E-state index in [9.17, 15) is 13.9 Å². The summed E-state index contributed by atoms with van der Waals surface area (Å²) in [6.07, 6.45) is 3.93. The third-order valence-corrected chi connectivity index (χ3v) is 6.51. The third kappa shape index (κ3) is 3.88. The highest BCUT2D eigenvalue weighted by molar-refractivity contribution is 5.65. The Morgan fingerprint density at radius 2 is 1.87 bits per heavy atom. The van der Waals surface area contributed by atoms with Crippen LogP contribution in [0.25, 0.3) is 11.3 Å². The summed E-state index contributed by atoms with van der Waals surface area (Å²) < 4.78 is 28.2. The molecule has 0 unspecified atom stereocenters. The van der Waals surface area contributed by atoms with E-state index in [0.717, 1.165) is 6.42 Å². The van der Waals surface area contributed by atoms with Gasteiger partial charge in [-0.2, -0.15) is 4.98 Å². The summed E-state index contributed by atoms with van der Waals surface area (Å²) in [7, 11) is 0. The van der Waals surface area contributed by atoms with Gasteiger partial charge in [-0.3, -0.25) is 0 Å². The van der Waals surface area contributed by atoms with Crippen LogP contribution in [0.5, 0.6) is 0 Å². The van der Waals surface area contributed by atoms with Crippen LogP contribution in [-0.4, -0.2) is 62.7 Å². The zero-order valence-corrected chi connectivity index (χ0v) is 18.1. The van der Waals surface area contributed by atoms with Gasteiger partial charge in [0.05, 0.1) is 17.2 Å². The van der Waals surface area contributed by atoms with Gasteiger partial charge in [0.25, 0.3) is 5.92 Å². The van der Waals surface area contributed by atoms with Crippen LogP contribution in [0.4, 0.5) is 26.5 Å². The second-order valence-electron chi connectivity index (χ2n) is 8.84. The molecule has 168 valence electrons. The molecule has 4 rings (SSSR count). The minimum absolute atomic E-state index is 0.0497. The highest BCUT2D eigenvalue weighted by Crippen LogP contribution is 2.59. The molecule has 1 aliphatic carbocycles. The molecular weight excluding hydrogens is 404 g/mol. The number of aromatic nitrogens is 4. The highest BCUT2D eigenvalue weighted by Gasteiger charge is 2.67. The maximum atomic E-state index is 14.1. The molecule has 0 aromatic carbocycles. The van der Waals surface area contributed by atoms with Gasteiger partial charge >= 0.3 is 0 Å². The lowest BCUT2D eigenvalue weighted by Crippen LogP contribution is -2.70. The van der Waals surface area contributed by atoms with Crippen molar-refractivity contribution in [2.45, 2.75) is 58.1 Å². The van der Waals surface area contributed by atoms with E-state index in [2.05, 4.69) is 28.8 Å². The summed E-state index contributed by atoms with van der Waals surface area (Å²) in [4.78, 5) is 21.3. The van der Waals surface area contributed by atoms with E-state index in [1.54, 1.807) is 24.2 Å². The molecule has 2 atom stereocenters. The lowest BCUT2D eigenvalue weighted by molar-refractivity contribution is -0.212. The number of nitrogens with zero attached hydrogens (tertiary/aromatic N) is 6. The molecule has 1 saturated carbocycles. The minimum atomic E-state index is -2.62. The maximum Gasteiger partial charge on any atom is 0.257 e. The van der Waals surface area contributed by atoms with Crippen molar-refractivity contribution < 1.29 is 13.9 Å². The van der Waals surface area contributed by atoms with Gasteiger partial charge in [0.2, 0.25) is 11.9 Å². The Bertz CT molecular complexity index is 932. The van der Waals surface area contributed by atoms with E-state index in [0.29, 0.717) is 36.0 Å². The van der Waals surface area contributed by atoms with Crippen LogP contribution < -0.4 is 15.5 Å². The number of aliphatic hydroxyl groups excluding tert-OH is 1. The fourth-order valence-electron chi connectivity index (χ4n) is 4.22. The number of hydrogen-bond acceptors (Lipinski definition) is 8. The monoisotopic (exact) mass is 433 g/mol. The van der Waals surface area contributed by atoms with E-state index in [1.807, 2.05) is 11.0 Å². The first-order valence-electron chi connectivity index (χ1n) is 10.7. The Balaban J connectivity index is 1.71. The van der Waals surface area contributed by atoms with Gasteiger partial charge in [0.1, 0.15) is 5.82 Å². The summed E-state index contributed by atoms with van der Waals surface area (Å²) in [6, 6.07) is 1.94. The van der Waals surface area contributed by atoms with Crippen LogP contribution >= 0.6 is 0 Å². The third-order valence-electron chi connectivity index (χ3n) is 6.51. The molecule has 8 nitrogen and oxygen atoms in total. The first-order valence-corrected chi connectivity index (χ1v) is 10.7. The molecule has 0 radical (unpaired) electrons. The molecule has 0 bridgehead atoms. The van der Waals surface area contributed by atoms with E-state index in [1.165, 1.54) is 0 Å². The molecule has 10 heteroatoms. The lowest BCUT2D eigenvalue weighted by Gasteiger charge is -2.59. The number of anilines is 3. The van der Waals surface area contributed by atoms with E-state index < -0.39 is 17.4 Å². The lowest BCUT2D eigenvalue weighted by atomic mass is 9.60. The molecule has 1 spiro atoms. The van der Waals surface area contributed by atoms with Gasteiger partial charge in [-0.1, -0.05) is 6.92 Å². The Labute approximate surface area is 180 Å². The summed E-state index contributed by atoms with van der Waals surface area (Å²) in [5.41, 5.74) is 5.90. The second-order valence-corrected chi connectivity index (χ2v) is 8.84. The Morgan fingerprint density at radius 1 is 1.19 bits per heavy atom. The fraction of sp³-hybridized carbons (Fsp3) is 0.619. The number of aliphatic hydroxyl groups is 1. The molecular formula is C21H29F2N7O. The van der Waals surface area contributed by atoms with E-state index in [-0.39, 0.29) is 31.5 Å². The molecule has 1 aliphatic heterocycles. The molecule has 31 heavy (non-hydrogen) atoms. The molecule has 3 heterocycles. The average molecular weight is 434 g/mol. The van der Waals surface area contributed by atoms with Crippen molar-refractivity contribution in [2.24, 2.45) is 5.41 Å². The normalized spacial score (nSPS) is 20.6. The van der Waals surface area contributed by atoms with Crippen molar-refractivity contribution in [1.82, 2.24) is 19.9 Å².